The number of rotatable bonds is 3. The number of hydrogen-bond acceptors (Lipinski definition) is 1. The molecule has 0 saturated carbocycles. The van der Waals surface area contributed by atoms with Crippen LogP contribution < -0.4 is 5.73 Å². The Morgan fingerprint density at radius 3 is 2.39 bits per heavy atom. The van der Waals surface area contributed by atoms with Gasteiger partial charge in [0.15, 0.2) is 0 Å². The van der Waals surface area contributed by atoms with Crippen LogP contribution in [0.25, 0.3) is 0 Å². The fraction of sp³-hybridized carbons (Fsp3) is 0.250. The molecular formula is C16H18BrN. The monoisotopic (exact) mass is 303 g/mol. The Morgan fingerprint density at radius 1 is 1.06 bits per heavy atom. The molecule has 0 amide bonds. The Kier molecular flexibility index (Phi) is 4.20. The van der Waals surface area contributed by atoms with Crippen LogP contribution in [0.1, 0.15) is 28.3 Å². The maximum absolute atomic E-state index is 6.32. The molecule has 0 aliphatic heterocycles. The van der Waals surface area contributed by atoms with Crippen LogP contribution in [0.2, 0.25) is 0 Å². The third kappa shape index (κ3) is 3.01. The highest BCUT2D eigenvalue weighted by molar-refractivity contribution is 9.10. The van der Waals surface area contributed by atoms with Crippen molar-refractivity contribution in [2.75, 3.05) is 0 Å². The average molecular weight is 304 g/mol. The second-order valence-corrected chi connectivity index (χ2v) is 5.64. The predicted molar refractivity (Wildman–Crippen MR) is 80.7 cm³/mol. The Labute approximate surface area is 117 Å². The van der Waals surface area contributed by atoms with Gasteiger partial charge < -0.3 is 5.73 Å². The summed E-state index contributed by atoms with van der Waals surface area (Å²) in [5.41, 5.74) is 11.5. The first-order chi connectivity index (χ1) is 8.58. The summed E-state index contributed by atoms with van der Waals surface area (Å²) in [5.74, 6) is 0. The minimum atomic E-state index is 0.0612. The highest BCUT2D eigenvalue weighted by Gasteiger charge is 2.10. The van der Waals surface area contributed by atoms with Gasteiger partial charge in [-0.3, -0.25) is 0 Å². The summed E-state index contributed by atoms with van der Waals surface area (Å²) in [6.45, 7) is 4.28. The van der Waals surface area contributed by atoms with E-state index in [1.807, 2.05) is 0 Å². The molecule has 1 nitrogen and oxygen atoms in total. The van der Waals surface area contributed by atoms with Crippen molar-refractivity contribution in [3.63, 3.8) is 0 Å². The molecule has 2 aromatic rings. The number of halogens is 1. The van der Waals surface area contributed by atoms with Crippen LogP contribution in [0.3, 0.4) is 0 Å². The van der Waals surface area contributed by atoms with E-state index in [1.54, 1.807) is 0 Å². The molecule has 18 heavy (non-hydrogen) atoms. The van der Waals surface area contributed by atoms with Gasteiger partial charge in [-0.25, -0.2) is 0 Å². The zero-order valence-corrected chi connectivity index (χ0v) is 12.4. The van der Waals surface area contributed by atoms with E-state index in [1.165, 1.54) is 22.3 Å². The molecule has 0 radical (unpaired) electrons. The standard InChI is InChI=1S/C16H18BrN/c1-11-4-3-5-15(12(11)2)16(18)10-13-6-8-14(17)9-7-13/h3-9,16H,10,18H2,1-2H3. The second kappa shape index (κ2) is 5.68. The van der Waals surface area contributed by atoms with E-state index >= 15 is 0 Å². The van der Waals surface area contributed by atoms with Crippen molar-refractivity contribution in [1.82, 2.24) is 0 Å². The third-order valence-corrected chi connectivity index (χ3v) is 3.94. The van der Waals surface area contributed by atoms with Crippen LogP contribution in [-0.4, -0.2) is 0 Å². The summed E-state index contributed by atoms with van der Waals surface area (Å²) in [6.07, 6.45) is 0.873. The predicted octanol–water partition coefficient (Wildman–Crippen LogP) is 4.31. The lowest BCUT2D eigenvalue weighted by molar-refractivity contribution is 0.715. The molecule has 0 bridgehead atoms. The summed E-state index contributed by atoms with van der Waals surface area (Å²) < 4.78 is 1.10. The molecule has 0 aliphatic carbocycles. The third-order valence-electron chi connectivity index (χ3n) is 3.41. The Bertz CT molecular complexity index is 531. The van der Waals surface area contributed by atoms with Crippen LogP contribution in [0.5, 0.6) is 0 Å². The highest BCUT2D eigenvalue weighted by Crippen LogP contribution is 2.22. The molecule has 2 rings (SSSR count). The van der Waals surface area contributed by atoms with Crippen molar-refractivity contribution in [1.29, 1.82) is 0 Å². The molecule has 2 heteroatoms. The topological polar surface area (TPSA) is 26.0 Å². The zero-order valence-electron chi connectivity index (χ0n) is 10.8. The van der Waals surface area contributed by atoms with Gasteiger partial charge in [-0.05, 0) is 54.7 Å². The largest absolute Gasteiger partial charge is 0.324 e. The fourth-order valence-corrected chi connectivity index (χ4v) is 2.42. The maximum Gasteiger partial charge on any atom is 0.0338 e. The van der Waals surface area contributed by atoms with Crippen LogP contribution in [-0.2, 0) is 6.42 Å². The van der Waals surface area contributed by atoms with E-state index in [9.17, 15) is 0 Å². The van der Waals surface area contributed by atoms with Crippen molar-refractivity contribution in [3.05, 3.63) is 69.2 Å². The van der Waals surface area contributed by atoms with Gasteiger partial charge in [-0.15, -0.1) is 0 Å². The summed E-state index contributed by atoms with van der Waals surface area (Å²) in [6, 6.07) is 14.8. The fourth-order valence-electron chi connectivity index (χ4n) is 2.16. The number of nitrogens with two attached hydrogens (primary N) is 1. The first kappa shape index (κ1) is 13.3. The van der Waals surface area contributed by atoms with Crippen molar-refractivity contribution in [3.8, 4) is 0 Å². The van der Waals surface area contributed by atoms with Gasteiger partial charge >= 0.3 is 0 Å². The average Bonchev–Trinajstić information content (AvgIpc) is 2.35. The molecule has 94 valence electrons. The van der Waals surface area contributed by atoms with Crippen LogP contribution in [0.15, 0.2) is 46.9 Å². The van der Waals surface area contributed by atoms with Crippen molar-refractivity contribution >= 4 is 15.9 Å². The molecule has 0 fully saturated rings. The van der Waals surface area contributed by atoms with E-state index in [-0.39, 0.29) is 6.04 Å². The molecule has 2 N–H and O–H groups in total. The van der Waals surface area contributed by atoms with Crippen LogP contribution >= 0.6 is 15.9 Å². The summed E-state index contributed by atoms with van der Waals surface area (Å²) in [4.78, 5) is 0. The van der Waals surface area contributed by atoms with Gasteiger partial charge in [0.25, 0.3) is 0 Å². The lowest BCUT2D eigenvalue weighted by Gasteiger charge is -2.16. The molecular weight excluding hydrogens is 286 g/mol. The number of aryl methyl sites for hydroxylation is 1. The molecule has 1 unspecified atom stereocenters. The lowest BCUT2D eigenvalue weighted by Crippen LogP contribution is -2.15. The van der Waals surface area contributed by atoms with Crippen molar-refractivity contribution < 1.29 is 0 Å². The smallest absolute Gasteiger partial charge is 0.0338 e. The van der Waals surface area contributed by atoms with Crippen molar-refractivity contribution in [2.45, 2.75) is 26.3 Å². The lowest BCUT2D eigenvalue weighted by atomic mass is 9.94. The first-order valence-corrected chi connectivity index (χ1v) is 6.93. The molecule has 0 aromatic heterocycles. The molecule has 0 saturated heterocycles. The van der Waals surface area contributed by atoms with Gasteiger partial charge in [0, 0.05) is 10.5 Å². The van der Waals surface area contributed by atoms with E-state index in [4.69, 9.17) is 5.73 Å². The molecule has 0 heterocycles. The number of benzene rings is 2. The van der Waals surface area contributed by atoms with E-state index in [0.29, 0.717) is 0 Å². The highest BCUT2D eigenvalue weighted by atomic mass is 79.9. The summed E-state index contributed by atoms with van der Waals surface area (Å²) >= 11 is 3.45. The summed E-state index contributed by atoms with van der Waals surface area (Å²) in [7, 11) is 0. The van der Waals surface area contributed by atoms with Crippen molar-refractivity contribution in [2.24, 2.45) is 5.73 Å². The van der Waals surface area contributed by atoms with Gasteiger partial charge in [0.1, 0.15) is 0 Å². The van der Waals surface area contributed by atoms with Crippen LogP contribution in [0.4, 0.5) is 0 Å². The quantitative estimate of drug-likeness (QED) is 0.898. The Balaban J connectivity index is 2.19. The second-order valence-electron chi connectivity index (χ2n) is 4.73. The first-order valence-electron chi connectivity index (χ1n) is 6.14. The SMILES string of the molecule is Cc1cccc(C(N)Cc2ccc(Br)cc2)c1C. The maximum atomic E-state index is 6.32. The Morgan fingerprint density at radius 2 is 1.72 bits per heavy atom. The van der Waals surface area contributed by atoms with E-state index in [0.717, 1.165) is 10.9 Å². The minimum absolute atomic E-state index is 0.0612. The van der Waals surface area contributed by atoms with Gasteiger partial charge in [0.05, 0.1) is 0 Å². The Hall–Kier alpha value is -1.12. The van der Waals surface area contributed by atoms with Gasteiger partial charge in [0.2, 0.25) is 0 Å². The molecule has 1 atom stereocenters. The number of hydrogen-bond donors (Lipinski definition) is 1. The van der Waals surface area contributed by atoms with Gasteiger partial charge in [-0.1, -0.05) is 46.3 Å². The van der Waals surface area contributed by atoms with Crippen LogP contribution in [0, 0.1) is 13.8 Å². The van der Waals surface area contributed by atoms with Gasteiger partial charge in [-0.2, -0.15) is 0 Å². The normalized spacial score (nSPS) is 12.4. The molecule has 0 spiro atoms. The zero-order chi connectivity index (χ0) is 13.1. The molecule has 0 aliphatic rings. The van der Waals surface area contributed by atoms with E-state index < -0.39 is 0 Å². The molecule has 2 aromatic carbocycles. The summed E-state index contributed by atoms with van der Waals surface area (Å²) in [5, 5.41) is 0. The van der Waals surface area contributed by atoms with E-state index in [2.05, 4.69) is 72.2 Å². The minimum Gasteiger partial charge on any atom is -0.324 e.